The molecule has 0 spiro atoms. The van der Waals surface area contributed by atoms with Gasteiger partial charge >= 0.3 is 11.9 Å². The normalized spacial score (nSPS) is 15.3. The number of methoxy groups -OCH3 is 1. The minimum atomic E-state index is -1.04. The second-order valence-corrected chi connectivity index (χ2v) is 8.92. The number of ether oxygens (including phenoxy) is 2. The Hall–Kier alpha value is -4.99. The number of imidazole rings is 1. The quantitative estimate of drug-likeness (QED) is 0.244. The Morgan fingerprint density at radius 1 is 1.08 bits per heavy atom. The molecule has 0 aliphatic carbocycles. The minimum absolute atomic E-state index is 0.0355. The van der Waals surface area contributed by atoms with Crippen LogP contribution in [-0.4, -0.2) is 40.1 Å². The van der Waals surface area contributed by atoms with Crippen molar-refractivity contribution < 1.29 is 24.0 Å². The molecule has 0 saturated heterocycles. The maximum Gasteiger partial charge on any atom is 0.337 e. The van der Waals surface area contributed by atoms with Gasteiger partial charge in [-0.3, -0.25) is 10.1 Å². The van der Waals surface area contributed by atoms with Crippen molar-refractivity contribution in [3.8, 4) is 0 Å². The van der Waals surface area contributed by atoms with Gasteiger partial charge in [-0.05, 0) is 31.1 Å². The number of allylic oxidation sites excluding steroid dienone is 2. The molecule has 1 atom stereocenters. The zero-order chi connectivity index (χ0) is 27.9. The fourth-order valence-corrected chi connectivity index (χ4v) is 4.57. The van der Waals surface area contributed by atoms with Crippen molar-refractivity contribution in [2.24, 2.45) is 0 Å². The van der Waals surface area contributed by atoms with E-state index in [9.17, 15) is 19.7 Å². The number of nitro groups is 1. The van der Waals surface area contributed by atoms with Crippen molar-refractivity contribution >= 4 is 23.7 Å². The highest BCUT2D eigenvalue weighted by Gasteiger charge is 2.40. The minimum Gasteiger partial charge on any atom is -0.466 e. The first-order chi connectivity index (χ1) is 18.8. The number of nitrogens with zero attached hydrogens (tertiary/aromatic N) is 3. The van der Waals surface area contributed by atoms with E-state index in [1.165, 1.54) is 25.3 Å². The average Bonchev–Trinajstić information content (AvgIpc) is 3.44. The Morgan fingerprint density at radius 2 is 1.77 bits per heavy atom. The summed E-state index contributed by atoms with van der Waals surface area (Å²) in [6, 6.07) is 14.0. The molecule has 200 valence electrons. The molecule has 3 aromatic rings. The fraction of sp³-hybridized carbons (Fsp3) is 0.207. The first-order valence-corrected chi connectivity index (χ1v) is 12.2. The first kappa shape index (κ1) is 27.1. The fourth-order valence-electron chi connectivity index (χ4n) is 4.57. The van der Waals surface area contributed by atoms with Crippen LogP contribution < -0.4 is 5.32 Å². The number of dihydropyridines is 1. The number of carbonyl (C=O) groups excluding carboxylic acids is 2. The summed E-state index contributed by atoms with van der Waals surface area (Å²) in [6.45, 7) is 4.00. The lowest BCUT2D eigenvalue weighted by Gasteiger charge is -2.30. The Morgan fingerprint density at radius 3 is 2.41 bits per heavy atom. The third-order valence-corrected chi connectivity index (χ3v) is 6.36. The van der Waals surface area contributed by atoms with Crippen molar-refractivity contribution in [1.29, 1.82) is 0 Å². The molecule has 0 amide bonds. The molecule has 10 nitrogen and oxygen atoms in total. The third-order valence-electron chi connectivity index (χ3n) is 6.36. The molecule has 0 radical (unpaired) electrons. The van der Waals surface area contributed by atoms with E-state index in [1.54, 1.807) is 38.5 Å². The van der Waals surface area contributed by atoms with Gasteiger partial charge in [-0.2, -0.15) is 0 Å². The lowest BCUT2D eigenvalue weighted by atomic mass is 9.79. The number of nitrogens with one attached hydrogen (secondary N) is 1. The van der Waals surface area contributed by atoms with Crippen LogP contribution in [0, 0.1) is 10.1 Å². The second kappa shape index (κ2) is 12.0. The molecule has 1 aliphatic heterocycles. The Balaban J connectivity index is 1.53. The number of hydrogen-bond donors (Lipinski definition) is 1. The summed E-state index contributed by atoms with van der Waals surface area (Å²) in [7, 11) is 1.22. The number of nitro benzene ring substituents is 1. The first-order valence-electron chi connectivity index (χ1n) is 12.2. The number of rotatable bonds is 9. The number of carbonyl (C=O) groups is 2. The van der Waals surface area contributed by atoms with Crippen LogP contribution in [0.1, 0.15) is 36.5 Å². The molecule has 1 unspecified atom stereocenters. The molecule has 10 heteroatoms. The van der Waals surface area contributed by atoms with E-state index in [4.69, 9.17) is 9.47 Å². The van der Waals surface area contributed by atoms with Crippen LogP contribution in [0.5, 0.6) is 0 Å². The highest BCUT2D eigenvalue weighted by atomic mass is 16.6. The van der Waals surface area contributed by atoms with Crippen LogP contribution in [0.4, 0.5) is 5.69 Å². The van der Waals surface area contributed by atoms with Crippen molar-refractivity contribution in [1.82, 2.24) is 14.9 Å². The van der Waals surface area contributed by atoms with Gasteiger partial charge in [0.2, 0.25) is 0 Å². The monoisotopic (exact) mass is 528 g/mol. The maximum atomic E-state index is 13.3. The molecule has 1 N–H and O–H groups in total. The van der Waals surface area contributed by atoms with Gasteiger partial charge in [0.25, 0.3) is 5.69 Å². The molecule has 0 fully saturated rings. The van der Waals surface area contributed by atoms with Gasteiger partial charge in [0, 0.05) is 42.0 Å². The number of benzene rings is 2. The molecule has 2 aromatic carbocycles. The van der Waals surface area contributed by atoms with E-state index in [-0.39, 0.29) is 29.0 Å². The van der Waals surface area contributed by atoms with Crippen LogP contribution in [0.25, 0.3) is 6.08 Å². The van der Waals surface area contributed by atoms with Crippen LogP contribution in [0.3, 0.4) is 0 Å². The summed E-state index contributed by atoms with van der Waals surface area (Å²) in [4.78, 5) is 41.4. The summed E-state index contributed by atoms with van der Waals surface area (Å²) < 4.78 is 12.5. The summed E-state index contributed by atoms with van der Waals surface area (Å²) in [5.41, 5.74) is 3.12. The van der Waals surface area contributed by atoms with Crippen LogP contribution in [0.15, 0.2) is 95.9 Å². The number of hydrogen-bond acceptors (Lipinski definition) is 8. The van der Waals surface area contributed by atoms with E-state index in [0.29, 0.717) is 17.9 Å². The van der Waals surface area contributed by atoms with E-state index in [1.807, 2.05) is 41.1 Å². The largest absolute Gasteiger partial charge is 0.466 e. The molecular weight excluding hydrogens is 500 g/mol. The predicted molar refractivity (Wildman–Crippen MR) is 144 cm³/mol. The van der Waals surface area contributed by atoms with E-state index < -0.39 is 22.8 Å². The Kier molecular flexibility index (Phi) is 8.35. The number of para-hydroxylation sites is 1. The highest BCUT2D eigenvalue weighted by molar-refractivity contribution is 6.00. The van der Waals surface area contributed by atoms with Gasteiger partial charge in [0.05, 0.1) is 35.4 Å². The van der Waals surface area contributed by atoms with Gasteiger partial charge in [0.15, 0.2) is 0 Å². The molecule has 0 bridgehead atoms. The average molecular weight is 529 g/mol. The lowest BCUT2D eigenvalue weighted by Crippen LogP contribution is -2.32. The van der Waals surface area contributed by atoms with Crippen molar-refractivity contribution in [2.45, 2.75) is 26.3 Å². The van der Waals surface area contributed by atoms with Gasteiger partial charge in [-0.15, -0.1) is 0 Å². The van der Waals surface area contributed by atoms with Crippen LogP contribution in [-0.2, 0) is 25.6 Å². The van der Waals surface area contributed by atoms with E-state index >= 15 is 0 Å². The molecule has 1 aromatic heterocycles. The molecule has 2 heterocycles. The van der Waals surface area contributed by atoms with Crippen molar-refractivity contribution in [3.05, 3.63) is 123 Å². The number of aromatic nitrogens is 2. The zero-order valence-corrected chi connectivity index (χ0v) is 21.8. The molecule has 1 aliphatic rings. The summed E-state index contributed by atoms with van der Waals surface area (Å²) in [5.74, 6) is -2.44. The zero-order valence-electron chi connectivity index (χ0n) is 21.8. The smallest absolute Gasteiger partial charge is 0.337 e. The second-order valence-electron chi connectivity index (χ2n) is 8.92. The Bertz CT molecular complexity index is 1470. The van der Waals surface area contributed by atoms with E-state index in [0.717, 1.165) is 11.1 Å². The predicted octanol–water partition coefficient (Wildman–Crippen LogP) is 4.50. The SMILES string of the molecule is COC(=O)C1=C(C)NC(C)=C(C(=O)OCC=Cc2ccc(Cn3ccnc3)cc2)C1c1ccccc1[N+](=O)[O-]. The lowest BCUT2D eigenvalue weighted by molar-refractivity contribution is -0.385. The molecule has 39 heavy (non-hydrogen) atoms. The highest BCUT2D eigenvalue weighted by Crippen LogP contribution is 2.42. The number of esters is 2. The summed E-state index contributed by atoms with van der Waals surface area (Å²) >= 11 is 0. The topological polar surface area (TPSA) is 126 Å². The third kappa shape index (κ3) is 6.12. The summed E-state index contributed by atoms with van der Waals surface area (Å²) in [5, 5.41) is 14.8. The van der Waals surface area contributed by atoms with Crippen LogP contribution in [0.2, 0.25) is 0 Å². The summed E-state index contributed by atoms with van der Waals surface area (Å²) in [6.07, 6.45) is 8.92. The van der Waals surface area contributed by atoms with Gasteiger partial charge in [-0.25, -0.2) is 14.6 Å². The van der Waals surface area contributed by atoms with Crippen molar-refractivity contribution in [2.75, 3.05) is 13.7 Å². The maximum absolute atomic E-state index is 13.3. The molecular formula is C29H28N4O6. The van der Waals surface area contributed by atoms with Gasteiger partial charge in [0.1, 0.15) is 6.61 Å². The van der Waals surface area contributed by atoms with Crippen molar-refractivity contribution in [3.63, 3.8) is 0 Å². The van der Waals surface area contributed by atoms with Gasteiger partial charge in [-0.1, -0.05) is 48.5 Å². The van der Waals surface area contributed by atoms with Crippen LogP contribution >= 0.6 is 0 Å². The van der Waals surface area contributed by atoms with Gasteiger partial charge < -0.3 is 19.4 Å². The van der Waals surface area contributed by atoms with E-state index in [2.05, 4.69) is 10.3 Å². The molecule has 4 rings (SSSR count). The standard InChI is InChI=1S/C29H28N4O6/c1-19-25(28(34)38-3)27(23-8-4-5-9-24(23)33(36)37)26(20(2)31-19)29(35)39-16-6-7-21-10-12-22(13-11-21)17-32-15-14-30-18-32/h4-15,18,27,31H,16-17H2,1-3H3. The Labute approximate surface area is 225 Å². The molecule has 0 saturated carbocycles.